The zero-order chi connectivity index (χ0) is 8.10. The van der Waals surface area contributed by atoms with Crippen molar-refractivity contribution in [3.8, 4) is 0 Å². The smallest absolute Gasteiger partial charge is 0.0299 e. The minimum Gasteiger partial charge on any atom is -0.319 e. The molecular formula is C9H14N2. The van der Waals surface area contributed by atoms with E-state index in [2.05, 4.69) is 23.3 Å². The van der Waals surface area contributed by atoms with Crippen molar-refractivity contribution in [3.05, 3.63) is 29.6 Å². The molecule has 0 unspecified atom stereocenters. The molecule has 0 saturated carbocycles. The summed E-state index contributed by atoms with van der Waals surface area (Å²) < 4.78 is 0. The van der Waals surface area contributed by atoms with Crippen molar-refractivity contribution in [2.45, 2.75) is 13.3 Å². The van der Waals surface area contributed by atoms with Gasteiger partial charge in [0.05, 0.1) is 0 Å². The van der Waals surface area contributed by atoms with Gasteiger partial charge in [-0.3, -0.25) is 4.98 Å². The van der Waals surface area contributed by atoms with Crippen LogP contribution < -0.4 is 5.32 Å². The summed E-state index contributed by atoms with van der Waals surface area (Å²) in [5, 5.41) is 3.12. The van der Waals surface area contributed by atoms with Gasteiger partial charge in [0.2, 0.25) is 0 Å². The number of aromatic nitrogens is 1. The van der Waals surface area contributed by atoms with E-state index < -0.39 is 0 Å². The second kappa shape index (κ2) is 4.09. The predicted octanol–water partition coefficient (Wildman–Crippen LogP) is 1.15. The third-order valence-electron chi connectivity index (χ3n) is 1.78. The first kappa shape index (κ1) is 8.21. The number of hydrogen-bond acceptors (Lipinski definition) is 2. The van der Waals surface area contributed by atoms with Crippen molar-refractivity contribution in [1.82, 2.24) is 10.3 Å². The zero-order valence-corrected chi connectivity index (χ0v) is 7.09. The molecule has 0 radical (unpaired) electrons. The van der Waals surface area contributed by atoms with E-state index in [0.29, 0.717) is 0 Å². The Balaban J connectivity index is 2.62. The summed E-state index contributed by atoms with van der Waals surface area (Å²) in [7, 11) is 1.97. The molecule has 1 rings (SSSR count). The average molecular weight is 150 g/mol. The first-order valence-electron chi connectivity index (χ1n) is 3.88. The Morgan fingerprint density at radius 1 is 1.55 bits per heavy atom. The minimum atomic E-state index is 1.03. The van der Waals surface area contributed by atoms with Gasteiger partial charge in [0.25, 0.3) is 0 Å². The van der Waals surface area contributed by atoms with E-state index in [1.165, 1.54) is 11.1 Å². The van der Waals surface area contributed by atoms with Crippen LogP contribution in [0.25, 0.3) is 0 Å². The molecule has 60 valence electrons. The van der Waals surface area contributed by atoms with Gasteiger partial charge in [-0.1, -0.05) is 0 Å². The number of hydrogen-bond donors (Lipinski definition) is 1. The Kier molecular flexibility index (Phi) is 3.05. The quantitative estimate of drug-likeness (QED) is 0.699. The van der Waals surface area contributed by atoms with Crippen LogP contribution in [0.15, 0.2) is 18.5 Å². The fourth-order valence-corrected chi connectivity index (χ4v) is 1.04. The van der Waals surface area contributed by atoms with E-state index in [-0.39, 0.29) is 0 Å². The van der Waals surface area contributed by atoms with Crippen LogP contribution in [0.5, 0.6) is 0 Å². The predicted molar refractivity (Wildman–Crippen MR) is 46.6 cm³/mol. The van der Waals surface area contributed by atoms with Crippen molar-refractivity contribution >= 4 is 0 Å². The van der Waals surface area contributed by atoms with Crippen molar-refractivity contribution in [1.29, 1.82) is 0 Å². The summed E-state index contributed by atoms with van der Waals surface area (Å²) in [4.78, 5) is 4.03. The molecule has 2 heteroatoms. The fraction of sp³-hybridized carbons (Fsp3) is 0.444. The fourth-order valence-electron chi connectivity index (χ4n) is 1.04. The van der Waals surface area contributed by atoms with Crippen LogP contribution in [0.3, 0.4) is 0 Å². The summed E-state index contributed by atoms with van der Waals surface area (Å²) >= 11 is 0. The number of pyridine rings is 1. The van der Waals surface area contributed by atoms with Gasteiger partial charge in [-0.05, 0) is 44.1 Å². The molecule has 0 saturated heterocycles. The molecule has 1 aromatic rings. The zero-order valence-electron chi connectivity index (χ0n) is 7.09. The molecule has 0 aromatic carbocycles. The Morgan fingerprint density at radius 2 is 2.36 bits per heavy atom. The maximum atomic E-state index is 4.03. The summed E-state index contributed by atoms with van der Waals surface area (Å²) in [6.07, 6.45) is 4.84. The monoisotopic (exact) mass is 150 g/mol. The number of aryl methyl sites for hydroxylation is 1. The molecule has 1 aromatic heterocycles. The normalized spacial score (nSPS) is 10.0. The van der Waals surface area contributed by atoms with Gasteiger partial charge < -0.3 is 5.32 Å². The van der Waals surface area contributed by atoms with Crippen LogP contribution in [-0.2, 0) is 6.42 Å². The lowest BCUT2D eigenvalue weighted by Gasteiger charge is -2.02. The van der Waals surface area contributed by atoms with Crippen LogP contribution in [0.1, 0.15) is 11.1 Å². The van der Waals surface area contributed by atoms with E-state index >= 15 is 0 Å². The number of nitrogens with one attached hydrogen (secondary N) is 1. The highest BCUT2D eigenvalue weighted by atomic mass is 14.8. The van der Waals surface area contributed by atoms with Gasteiger partial charge in [0.15, 0.2) is 0 Å². The third kappa shape index (κ3) is 2.31. The van der Waals surface area contributed by atoms with Crippen LogP contribution in [0, 0.1) is 6.92 Å². The Bertz CT molecular complexity index is 221. The van der Waals surface area contributed by atoms with Gasteiger partial charge in [-0.15, -0.1) is 0 Å². The lowest BCUT2D eigenvalue weighted by molar-refractivity contribution is 0.787. The van der Waals surface area contributed by atoms with Crippen molar-refractivity contribution < 1.29 is 0 Å². The Labute approximate surface area is 67.7 Å². The molecule has 0 aliphatic carbocycles. The van der Waals surface area contributed by atoms with Gasteiger partial charge in [0, 0.05) is 12.4 Å². The first-order valence-corrected chi connectivity index (χ1v) is 3.88. The molecule has 1 heterocycles. The molecule has 2 nitrogen and oxygen atoms in total. The van der Waals surface area contributed by atoms with Gasteiger partial charge in [-0.25, -0.2) is 0 Å². The van der Waals surface area contributed by atoms with Crippen molar-refractivity contribution in [2.75, 3.05) is 13.6 Å². The van der Waals surface area contributed by atoms with E-state index in [1.54, 1.807) is 0 Å². The molecule has 11 heavy (non-hydrogen) atoms. The van der Waals surface area contributed by atoms with Gasteiger partial charge in [0.1, 0.15) is 0 Å². The molecule has 0 atom stereocenters. The Hall–Kier alpha value is -0.890. The van der Waals surface area contributed by atoms with Crippen LogP contribution in [-0.4, -0.2) is 18.6 Å². The highest BCUT2D eigenvalue weighted by Crippen LogP contribution is 2.04. The maximum absolute atomic E-state index is 4.03. The number of likely N-dealkylation sites (N-methyl/N-ethyl adjacent to an activating group) is 1. The summed E-state index contributed by atoms with van der Waals surface area (Å²) in [6.45, 7) is 3.13. The summed E-state index contributed by atoms with van der Waals surface area (Å²) in [5.41, 5.74) is 2.66. The van der Waals surface area contributed by atoms with E-state index in [9.17, 15) is 0 Å². The van der Waals surface area contributed by atoms with Crippen LogP contribution in [0.2, 0.25) is 0 Å². The van der Waals surface area contributed by atoms with Crippen LogP contribution in [0.4, 0.5) is 0 Å². The first-order chi connectivity index (χ1) is 5.34. The molecule has 1 N–H and O–H groups in total. The van der Waals surface area contributed by atoms with E-state index in [1.807, 2.05) is 19.4 Å². The highest BCUT2D eigenvalue weighted by molar-refractivity contribution is 5.21. The highest BCUT2D eigenvalue weighted by Gasteiger charge is 1.94. The number of nitrogens with zero attached hydrogens (tertiary/aromatic N) is 1. The summed E-state index contributed by atoms with van der Waals surface area (Å²) in [6, 6.07) is 2.08. The standard InChI is InChI=1S/C9H14N2/c1-8-7-11-6-4-9(8)3-5-10-2/h4,6-7,10H,3,5H2,1-2H3. The second-order valence-corrected chi connectivity index (χ2v) is 2.66. The molecule has 0 bridgehead atoms. The minimum absolute atomic E-state index is 1.03. The van der Waals surface area contributed by atoms with Crippen molar-refractivity contribution in [3.63, 3.8) is 0 Å². The van der Waals surface area contributed by atoms with Gasteiger partial charge >= 0.3 is 0 Å². The molecule has 0 aliphatic rings. The topological polar surface area (TPSA) is 24.9 Å². The molecule has 0 spiro atoms. The van der Waals surface area contributed by atoms with Gasteiger partial charge in [-0.2, -0.15) is 0 Å². The largest absolute Gasteiger partial charge is 0.319 e. The third-order valence-corrected chi connectivity index (χ3v) is 1.78. The van der Waals surface area contributed by atoms with E-state index in [0.717, 1.165) is 13.0 Å². The van der Waals surface area contributed by atoms with Crippen molar-refractivity contribution in [2.24, 2.45) is 0 Å². The SMILES string of the molecule is CNCCc1ccncc1C. The molecule has 0 amide bonds. The van der Waals surface area contributed by atoms with E-state index in [4.69, 9.17) is 0 Å². The molecular weight excluding hydrogens is 136 g/mol. The lowest BCUT2D eigenvalue weighted by Crippen LogP contribution is -2.10. The molecule has 0 fully saturated rings. The Morgan fingerprint density at radius 3 is 3.00 bits per heavy atom. The summed E-state index contributed by atoms with van der Waals surface area (Å²) in [5.74, 6) is 0. The lowest BCUT2D eigenvalue weighted by atomic mass is 10.1. The second-order valence-electron chi connectivity index (χ2n) is 2.66. The average Bonchev–Trinajstić information content (AvgIpc) is 2.03. The maximum Gasteiger partial charge on any atom is 0.0299 e. The van der Waals surface area contributed by atoms with Crippen LogP contribution >= 0.6 is 0 Å². The number of rotatable bonds is 3. The molecule has 0 aliphatic heterocycles.